The molecule has 0 spiro atoms. The molecule has 2 aromatic heterocycles. The summed E-state index contributed by atoms with van der Waals surface area (Å²) in [5.74, 6) is 2.58. The summed E-state index contributed by atoms with van der Waals surface area (Å²) < 4.78 is 10.9. The average Bonchev–Trinajstić information content (AvgIpc) is 3.34. The number of methoxy groups -OCH3 is 1. The van der Waals surface area contributed by atoms with Crippen molar-refractivity contribution in [1.82, 2.24) is 9.97 Å². The van der Waals surface area contributed by atoms with Crippen LogP contribution in [0.2, 0.25) is 0 Å². The maximum Gasteiger partial charge on any atom is 0.225 e. The van der Waals surface area contributed by atoms with E-state index in [0.29, 0.717) is 18.4 Å². The van der Waals surface area contributed by atoms with Gasteiger partial charge in [-0.1, -0.05) is 6.07 Å². The molecule has 1 fully saturated rings. The number of hydrogen-bond donors (Lipinski definition) is 0. The SMILES string of the molecule is COc1cccc(N2CCN(c3nc(C)c4c(n3)C[C@H](c3ccco3)CC4=O)CC2)c1. The van der Waals surface area contributed by atoms with Gasteiger partial charge in [-0.05, 0) is 31.2 Å². The van der Waals surface area contributed by atoms with E-state index in [4.69, 9.17) is 19.1 Å². The van der Waals surface area contributed by atoms with Crippen molar-refractivity contribution < 1.29 is 13.9 Å². The Morgan fingerprint density at radius 3 is 2.58 bits per heavy atom. The average molecular weight is 418 g/mol. The van der Waals surface area contributed by atoms with Crippen molar-refractivity contribution in [1.29, 1.82) is 0 Å². The van der Waals surface area contributed by atoms with E-state index in [1.165, 1.54) is 0 Å². The number of benzene rings is 1. The number of carbonyl (C=O) groups excluding carboxylic acids is 1. The Hall–Kier alpha value is -3.35. The van der Waals surface area contributed by atoms with Crippen molar-refractivity contribution in [2.45, 2.75) is 25.7 Å². The zero-order chi connectivity index (χ0) is 21.4. The molecule has 0 unspecified atom stereocenters. The normalized spacial score (nSPS) is 18.8. The van der Waals surface area contributed by atoms with Gasteiger partial charge in [-0.25, -0.2) is 9.97 Å². The molecule has 1 aliphatic carbocycles. The Morgan fingerprint density at radius 2 is 1.84 bits per heavy atom. The van der Waals surface area contributed by atoms with Gasteiger partial charge < -0.3 is 19.0 Å². The molecule has 31 heavy (non-hydrogen) atoms. The summed E-state index contributed by atoms with van der Waals surface area (Å²) >= 11 is 0. The van der Waals surface area contributed by atoms with Gasteiger partial charge in [0.1, 0.15) is 11.5 Å². The Kier molecular flexibility index (Phi) is 5.10. The molecule has 1 aliphatic heterocycles. The van der Waals surface area contributed by atoms with Crippen LogP contribution in [0.3, 0.4) is 0 Å². The molecule has 0 bridgehead atoms. The number of nitrogens with zero attached hydrogens (tertiary/aromatic N) is 4. The molecule has 1 atom stereocenters. The van der Waals surface area contributed by atoms with Gasteiger partial charge in [0.2, 0.25) is 5.95 Å². The van der Waals surface area contributed by atoms with Gasteiger partial charge in [-0.15, -0.1) is 0 Å². The van der Waals surface area contributed by atoms with Gasteiger partial charge in [0, 0.05) is 56.7 Å². The number of ketones is 1. The van der Waals surface area contributed by atoms with Gasteiger partial charge in [0.25, 0.3) is 0 Å². The number of anilines is 2. The van der Waals surface area contributed by atoms with Crippen molar-refractivity contribution in [3.8, 4) is 5.75 Å². The highest BCUT2D eigenvalue weighted by atomic mass is 16.5. The van der Waals surface area contributed by atoms with Crippen LogP contribution in [-0.2, 0) is 6.42 Å². The molecule has 160 valence electrons. The van der Waals surface area contributed by atoms with Crippen molar-refractivity contribution in [3.63, 3.8) is 0 Å². The Balaban J connectivity index is 1.34. The minimum absolute atomic E-state index is 0.0436. The van der Waals surface area contributed by atoms with Crippen LogP contribution in [0.5, 0.6) is 5.75 Å². The number of piperazine rings is 1. The fourth-order valence-electron chi connectivity index (χ4n) is 4.60. The lowest BCUT2D eigenvalue weighted by atomic mass is 9.84. The molecule has 0 saturated carbocycles. The fraction of sp³-hybridized carbons (Fsp3) is 0.375. The summed E-state index contributed by atoms with van der Waals surface area (Å²) in [5.41, 5.74) is 3.48. The Labute approximate surface area is 181 Å². The lowest BCUT2D eigenvalue weighted by molar-refractivity contribution is 0.0958. The van der Waals surface area contributed by atoms with E-state index >= 15 is 0 Å². The van der Waals surface area contributed by atoms with E-state index in [1.807, 2.05) is 31.2 Å². The molecule has 0 amide bonds. The highest BCUT2D eigenvalue weighted by Crippen LogP contribution is 2.34. The third kappa shape index (κ3) is 3.76. The van der Waals surface area contributed by atoms with Gasteiger partial charge in [-0.3, -0.25) is 4.79 Å². The van der Waals surface area contributed by atoms with Gasteiger partial charge in [0.15, 0.2) is 5.78 Å². The summed E-state index contributed by atoms with van der Waals surface area (Å²) in [4.78, 5) is 26.9. The van der Waals surface area contributed by atoms with Crippen LogP contribution in [0.25, 0.3) is 0 Å². The summed E-state index contributed by atoms with van der Waals surface area (Å²) in [6.45, 7) is 5.32. The highest BCUT2D eigenvalue weighted by Gasteiger charge is 2.32. The van der Waals surface area contributed by atoms with Gasteiger partial charge >= 0.3 is 0 Å². The van der Waals surface area contributed by atoms with E-state index in [2.05, 4.69) is 21.9 Å². The molecule has 7 nitrogen and oxygen atoms in total. The number of carbonyl (C=O) groups is 1. The van der Waals surface area contributed by atoms with Gasteiger partial charge in [-0.2, -0.15) is 0 Å². The van der Waals surface area contributed by atoms with Crippen LogP contribution in [0, 0.1) is 6.92 Å². The molecule has 1 aromatic carbocycles. The van der Waals surface area contributed by atoms with Crippen LogP contribution in [0.4, 0.5) is 11.6 Å². The molecule has 0 radical (unpaired) electrons. The number of aromatic nitrogens is 2. The zero-order valence-electron chi connectivity index (χ0n) is 17.9. The monoisotopic (exact) mass is 418 g/mol. The third-order valence-electron chi connectivity index (χ3n) is 6.23. The van der Waals surface area contributed by atoms with Crippen LogP contribution in [-0.4, -0.2) is 49.0 Å². The summed E-state index contributed by atoms with van der Waals surface area (Å²) in [7, 11) is 1.69. The second-order valence-electron chi connectivity index (χ2n) is 8.15. The fourth-order valence-corrected chi connectivity index (χ4v) is 4.60. The number of rotatable bonds is 4. The van der Waals surface area contributed by atoms with Crippen LogP contribution < -0.4 is 14.5 Å². The van der Waals surface area contributed by atoms with E-state index in [-0.39, 0.29) is 11.7 Å². The van der Waals surface area contributed by atoms with Crippen molar-refractivity contribution in [3.05, 3.63) is 65.4 Å². The molecule has 3 aromatic rings. The lowest BCUT2D eigenvalue weighted by Gasteiger charge is -2.36. The van der Waals surface area contributed by atoms with Crippen molar-refractivity contribution in [2.75, 3.05) is 43.1 Å². The van der Waals surface area contributed by atoms with Crippen LogP contribution in [0.15, 0.2) is 47.1 Å². The topological polar surface area (TPSA) is 71.7 Å². The largest absolute Gasteiger partial charge is 0.497 e. The molecule has 7 heteroatoms. The minimum atomic E-state index is 0.0436. The number of hydrogen-bond acceptors (Lipinski definition) is 7. The number of fused-ring (bicyclic) bond motifs is 1. The number of furan rings is 1. The first-order valence-electron chi connectivity index (χ1n) is 10.7. The summed E-state index contributed by atoms with van der Waals surface area (Å²) in [6, 6.07) is 12.0. The highest BCUT2D eigenvalue weighted by molar-refractivity contribution is 5.99. The first-order chi connectivity index (χ1) is 15.1. The first kappa shape index (κ1) is 19.6. The Bertz CT molecular complexity index is 1090. The van der Waals surface area contributed by atoms with Crippen LogP contribution in [0.1, 0.15) is 39.8 Å². The third-order valence-corrected chi connectivity index (χ3v) is 6.23. The Morgan fingerprint density at radius 1 is 1.03 bits per heavy atom. The zero-order valence-corrected chi connectivity index (χ0v) is 17.9. The molecular formula is C24H26N4O3. The molecule has 5 rings (SSSR count). The lowest BCUT2D eigenvalue weighted by Crippen LogP contribution is -2.47. The standard InChI is InChI=1S/C24H26N4O3/c1-16-23-20(13-17(14-21(23)29)22-7-4-12-31-22)26-24(25-16)28-10-8-27(9-11-28)18-5-3-6-19(15-18)30-2/h3-7,12,15,17H,8-11,13-14H2,1-2H3/t17-/m0/s1. The smallest absolute Gasteiger partial charge is 0.225 e. The molecule has 3 heterocycles. The number of Topliss-reactive ketones (excluding diaryl/α,β-unsaturated/α-hetero) is 1. The quantitative estimate of drug-likeness (QED) is 0.641. The second-order valence-corrected chi connectivity index (χ2v) is 8.15. The summed E-state index contributed by atoms with van der Waals surface area (Å²) in [5, 5.41) is 0. The van der Waals surface area contributed by atoms with Crippen LogP contribution >= 0.6 is 0 Å². The maximum absolute atomic E-state index is 12.8. The second kappa shape index (κ2) is 8.06. The predicted molar refractivity (Wildman–Crippen MR) is 118 cm³/mol. The van der Waals surface area contributed by atoms with E-state index < -0.39 is 0 Å². The van der Waals surface area contributed by atoms with Gasteiger partial charge in [0.05, 0.1) is 30.3 Å². The summed E-state index contributed by atoms with van der Waals surface area (Å²) in [6.07, 6.45) is 2.81. The molecular weight excluding hydrogens is 392 g/mol. The molecule has 2 aliphatic rings. The molecule has 0 N–H and O–H groups in total. The number of aryl methyl sites for hydroxylation is 1. The first-order valence-corrected chi connectivity index (χ1v) is 10.7. The minimum Gasteiger partial charge on any atom is -0.497 e. The predicted octanol–water partition coefficient (Wildman–Crippen LogP) is 3.63. The van der Waals surface area contributed by atoms with E-state index in [1.54, 1.807) is 13.4 Å². The molecule has 1 saturated heterocycles. The van der Waals surface area contributed by atoms with E-state index in [0.717, 1.165) is 60.7 Å². The van der Waals surface area contributed by atoms with E-state index in [9.17, 15) is 4.79 Å². The number of ether oxygens (including phenoxy) is 1. The van der Waals surface area contributed by atoms with Crippen molar-refractivity contribution >= 4 is 17.4 Å². The maximum atomic E-state index is 12.8. The van der Waals surface area contributed by atoms with Crippen molar-refractivity contribution in [2.24, 2.45) is 0 Å².